The Bertz CT molecular complexity index is 900. The van der Waals surface area contributed by atoms with Crippen molar-refractivity contribution in [3.05, 3.63) is 40.5 Å². The molecule has 0 saturated carbocycles. The Balaban J connectivity index is 1.75. The molecule has 0 spiro atoms. The molecule has 8 heteroatoms. The lowest BCUT2D eigenvalue weighted by Gasteiger charge is -2.34. The molecule has 2 aromatic heterocycles. The van der Waals surface area contributed by atoms with Crippen LogP contribution in [0.15, 0.2) is 24.3 Å². The van der Waals surface area contributed by atoms with Crippen molar-refractivity contribution in [1.82, 2.24) is 19.5 Å². The molecule has 1 aliphatic rings. The van der Waals surface area contributed by atoms with Crippen molar-refractivity contribution in [3.8, 4) is 11.6 Å². The number of fused-ring (bicyclic) bond motifs is 1. The van der Waals surface area contributed by atoms with Crippen LogP contribution in [0.4, 0.5) is 0 Å². The molecule has 1 fully saturated rings. The van der Waals surface area contributed by atoms with Gasteiger partial charge in [-0.3, -0.25) is 4.90 Å². The third-order valence-electron chi connectivity index (χ3n) is 4.73. The van der Waals surface area contributed by atoms with E-state index in [4.69, 9.17) is 9.47 Å². The lowest BCUT2D eigenvalue weighted by molar-refractivity contribution is 0.0241. The maximum atomic E-state index is 10.9. The van der Waals surface area contributed by atoms with Gasteiger partial charge in [0.2, 0.25) is 10.8 Å². The number of benzene rings is 1. The van der Waals surface area contributed by atoms with E-state index in [0.29, 0.717) is 19.8 Å². The van der Waals surface area contributed by atoms with E-state index in [2.05, 4.69) is 27.1 Å². The van der Waals surface area contributed by atoms with E-state index >= 15 is 0 Å². The highest BCUT2D eigenvalue weighted by molar-refractivity contribution is 7.17. The first-order valence-electron chi connectivity index (χ1n) is 9.33. The Labute approximate surface area is 162 Å². The quantitative estimate of drug-likeness (QED) is 0.700. The lowest BCUT2D eigenvalue weighted by Crippen LogP contribution is -2.39. The fraction of sp³-hybridized carbons (Fsp3) is 0.474. The largest absolute Gasteiger partial charge is 0.494 e. The van der Waals surface area contributed by atoms with Gasteiger partial charge in [0.05, 0.1) is 30.7 Å². The fourth-order valence-electron chi connectivity index (χ4n) is 3.40. The summed E-state index contributed by atoms with van der Waals surface area (Å²) in [7, 11) is 0. The van der Waals surface area contributed by atoms with Crippen molar-refractivity contribution in [2.75, 3.05) is 32.9 Å². The Hall–Kier alpha value is -2.16. The molecule has 7 nitrogen and oxygen atoms in total. The number of aromatic hydroxyl groups is 1. The minimum absolute atomic E-state index is 0.0665. The standard InChI is InChI=1S/C19H24N4O3S/c1-3-15-20-19-23(21-15)18(24)17(27-19)16(22-9-11-25-12-10-22)13-5-7-14(8-6-13)26-4-2/h5-8,16,24H,3-4,9-12H2,1-2H3/t16-/m0/s1. The molecule has 1 N–H and O–H groups in total. The third kappa shape index (κ3) is 3.52. The average molecular weight is 388 g/mol. The number of hydrogen-bond donors (Lipinski definition) is 1. The molecule has 0 unspecified atom stereocenters. The third-order valence-corrected chi connectivity index (χ3v) is 5.80. The number of hydrogen-bond acceptors (Lipinski definition) is 7. The highest BCUT2D eigenvalue weighted by atomic mass is 32.1. The highest BCUT2D eigenvalue weighted by Crippen LogP contribution is 2.40. The van der Waals surface area contributed by atoms with Crippen LogP contribution in [0.5, 0.6) is 11.6 Å². The minimum Gasteiger partial charge on any atom is -0.494 e. The van der Waals surface area contributed by atoms with E-state index in [1.165, 1.54) is 11.3 Å². The number of rotatable bonds is 6. The van der Waals surface area contributed by atoms with Gasteiger partial charge in [0.1, 0.15) is 5.75 Å². The van der Waals surface area contributed by atoms with E-state index in [-0.39, 0.29) is 11.9 Å². The van der Waals surface area contributed by atoms with Crippen LogP contribution in [0.3, 0.4) is 0 Å². The smallest absolute Gasteiger partial charge is 0.230 e. The molecule has 3 heterocycles. The number of morpholine rings is 1. The van der Waals surface area contributed by atoms with Gasteiger partial charge in [-0.15, -0.1) is 5.10 Å². The molecule has 0 amide bonds. The van der Waals surface area contributed by atoms with E-state index in [1.807, 2.05) is 26.0 Å². The number of thiazole rings is 1. The summed E-state index contributed by atoms with van der Waals surface area (Å²) in [6, 6.07) is 8.03. The molecule has 1 aliphatic heterocycles. The second kappa shape index (κ2) is 7.84. The molecule has 1 saturated heterocycles. The monoisotopic (exact) mass is 388 g/mol. The van der Waals surface area contributed by atoms with Crippen molar-refractivity contribution in [3.63, 3.8) is 0 Å². The fourth-order valence-corrected chi connectivity index (χ4v) is 4.53. The molecule has 1 atom stereocenters. The Morgan fingerprint density at radius 3 is 2.59 bits per heavy atom. The van der Waals surface area contributed by atoms with Crippen molar-refractivity contribution >= 4 is 16.3 Å². The molecule has 0 aliphatic carbocycles. The summed E-state index contributed by atoms with van der Waals surface area (Å²) in [6.07, 6.45) is 0.745. The van der Waals surface area contributed by atoms with Gasteiger partial charge in [0, 0.05) is 19.5 Å². The van der Waals surface area contributed by atoms with E-state index in [0.717, 1.165) is 46.5 Å². The van der Waals surface area contributed by atoms with Gasteiger partial charge in [-0.05, 0) is 24.6 Å². The van der Waals surface area contributed by atoms with Crippen molar-refractivity contribution in [1.29, 1.82) is 0 Å². The van der Waals surface area contributed by atoms with Gasteiger partial charge in [-0.2, -0.15) is 4.52 Å². The SMILES string of the molecule is CCOc1ccc([C@@H](c2sc3nc(CC)nn3c2O)N2CCOCC2)cc1. The normalized spacial score (nSPS) is 16.7. The van der Waals surface area contributed by atoms with Crippen LogP contribution in [0.2, 0.25) is 0 Å². The van der Waals surface area contributed by atoms with Crippen LogP contribution in [0.25, 0.3) is 4.96 Å². The van der Waals surface area contributed by atoms with Crippen LogP contribution in [-0.2, 0) is 11.2 Å². The summed E-state index contributed by atoms with van der Waals surface area (Å²) in [5.41, 5.74) is 1.11. The minimum atomic E-state index is -0.0665. The van der Waals surface area contributed by atoms with Crippen LogP contribution in [-0.4, -0.2) is 57.5 Å². The van der Waals surface area contributed by atoms with Crippen molar-refractivity contribution < 1.29 is 14.6 Å². The van der Waals surface area contributed by atoms with Crippen LogP contribution in [0, 0.1) is 0 Å². The first-order chi connectivity index (χ1) is 13.2. The number of aryl methyl sites for hydroxylation is 1. The molecule has 1 aromatic carbocycles. The summed E-state index contributed by atoms with van der Waals surface area (Å²) in [5.74, 6) is 1.76. The van der Waals surface area contributed by atoms with Gasteiger partial charge < -0.3 is 14.6 Å². The molecule has 4 rings (SSSR count). The zero-order valence-corrected chi connectivity index (χ0v) is 16.4. The molecule has 0 radical (unpaired) electrons. The summed E-state index contributed by atoms with van der Waals surface area (Å²) in [5, 5.41) is 15.3. The first kappa shape index (κ1) is 18.2. The number of aromatic nitrogens is 3. The van der Waals surface area contributed by atoms with Crippen LogP contribution in [0.1, 0.15) is 36.2 Å². The Kier molecular flexibility index (Phi) is 5.29. The van der Waals surface area contributed by atoms with Crippen LogP contribution >= 0.6 is 11.3 Å². The van der Waals surface area contributed by atoms with Crippen molar-refractivity contribution in [2.24, 2.45) is 0 Å². The van der Waals surface area contributed by atoms with Crippen molar-refractivity contribution in [2.45, 2.75) is 26.3 Å². The molecule has 144 valence electrons. The van der Waals surface area contributed by atoms with E-state index in [9.17, 15) is 5.11 Å². The molecular formula is C19H24N4O3S. The zero-order valence-electron chi connectivity index (χ0n) is 15.6. The highest BCUT2D eigenvalue weighted by Gasteiger charge is 2.30. The summed E-state index contributed by atoms with van der Waals surface area (Å²) in [4.78, 5) is 8.44. The predicted molar refractivity (Wildman–Crippen MR) is 104 cm³/mol. The molecule has 27 heavy (non-hydrogen) atoms. The molecule has 0 bridgehead atoms. The number of nitrogens with zero attached hydrogens (tertiary/aromatic N) is 4. The zero-order chi connectivity index (χ0) is 18.8. The van der Waals surface area contributed by atoms with E-state index in [1.54, 1.807) is 4.52 Å². The molecule has 3 aromatic rings. The summed E-state index contributed by atoms with van der Waals surface area (Å²) >= 11 is 1.50. The van der Waals surface area contributed by atoms with Gasteiger partial charge in [0.25, 0.3) is 0 Å². The van der Waals surface area contributed by atoms with E-state index < -0.39 is 0 Å². The van der Waals surface area contributed by atoms with Gasteiger partial charge in [0.15, 0.2) is 5.82 Å². The second-order valence-corrected chi connectivity index (χ2v) is 7.43. The van der Waals surface area contributed by atoms with Gasteiger partial charge >= 0.3 is 0 Å². The summed E-state index contributed by atoms with van der Waals surface area (Å²) < 4.78 is 12.7. The number of ether oxygens (including phenoxy) is 2. The molecular weight excluding hydrogens is 364 g/mol. The average Bonchev–Trinajstić information content (AvgIpc) is 3.24. The predicted octanol–water partition coefficient (Wildman–Crippen LogP) is 2.88. The Morgan fingerprint density at radius 1 is 1.22 bits per heavy atom. The topological polar surface area (TPSA) is 72.1 Å². The van der Waals surface area contributed by atoms with Gasteiger partial charge in [-0.1, -0.05) is 30.4 Å². The Morgan fingerprint density at radius 2 is 1.96 bits per heavy atom. The maximum absolute atomic E-state index is 10.9. The second-order valence-electron chi connectivity index (χ2n) is 6.42. The van der Waals surface area contributed by atoms with Crippen LogP contribution < -0.4 is 4.74 Å². The lowest BCUT2D eigenvalue weighted by atomic mass is 10.0. The first-order valence-corrected chi connectivity index (χ1v) is 10.1. The maximum Gasteiger partial charge on any atom is 0.230 e. The summed E-state index contributed by atoms with van der Waals surface area (Å²) in [6.45, 7) is 7.62. The van der Waals surface area contributed by atoms with Gasteiger partial charge in [-0.25, -0.2) is 4.98 Å².